The van der Waals surface area contributed by atoms with Gasteiger partial charge in [-0.3, -0.25) is 0 Å². The SMILES string of the molecule is C[C@@H]1CN2C(=O)[C@@H](Oc3ccccc3)[C@H]2/C1=[CH]\[Sn]([c]1ccccc1)([c]1ccccc1)[c]1ccccc1. The molecule has 0 saturated carbocycles. The quantitative estimate of drug-likeness (QED) is 0.257. The topological polar surface area (TPSA) is 29.5 Å². The zero-order valence-electron chi connectivity index (χ0n) is 20.3. The minimum atomic E-state index is -3.63. The van der Waals surface area contributed by atoms with E-state index in [1.165, 1.54) is 16.3 Å². The molecule has 36 heavy (non-hydrogen) atoms. The number of rotatable bonds is 6. The Morgan fingerprint density at radius 3 is 1.64 bits per heavy atom. The number of carbonyl (C=O) groups excluding carboxylic acids is 1. The van der Waals surface area contributed by atoms with Crippen molar-refractivity contribution in [1.29, 1.82) is 0 Å². The van der Waals surface area contributed by atoms with Gasteiger partial charge in [-0.1, -0.05) is 0 Å². The van der Waals surface area contributed by atoms with Gasteiger partial charge >= 0.3 is 218 Å². The third-order valence-corrected chi connectivity index (χ3v) is 20.4. The van der Waals surface area contributed by atoms with Crippen LogP contribution in [0.25, 0.3) is 0 Å². The number of β-lactam (4-membered cyclic amide) rings is 1. The van der Waals surface area contributed by atoms with Crippen LogP contribution < -0.4 is 15.5 Å². The summed E-state index contributed by atoms with van der Waals surface area (Å²) in [7, 11) is 0. The molecule has 0 aliphatic carbocycles. The molecule has 0 unspecified atom stereocenters. The predicted octanol–water partition coefficient (Wildman–Crippen LogP) is 3.93. The first kappa shape index (κ1) is 23.1. The molecule has 1 amide bonds. The van der Waals surface area contributed by atoms with Gasteiger partial charge in [-0.15, -0.1) is 0 Å². The van der Waals surface area contributed by atoms with Gasteiger partial charge < -0.3 is 0 Å². The standard InChI is InChI=1S/C14H14NO2.3C6H5.Sn/c1-9-8-15-12(10(9)2)13(14(15)16)17-11-6-4-3-5-7-11;3*1-2-4-6-5-3-1;/h2-7,9,12-13H,8H2,1H3;3*1-5H;/t9-,12-,13+;;;;/m1..../s1. The van der Waals surface area contributed by atoms with Gasteiger partial charge in [-0.25, -0.2) is 0 Å². The summed E-state index contributed by atoms with van der Waals surface area (Å²) in [6.45, 7) is 3.01. The molecule has 3 nitrogen and oxygen atoms in total. The van der Waals surface area contributed by atoms with Crippen LogP contribution in [0.4, 0.5) is 0 Å². The minimum absolute atomic E-state index is 0.0140. The molecule has 3 atom stereocenters. The van der Waals surface area contributed by atoms with Crippen molar-refractivity contribution >= 4 is 35.0 Å². The molecule has 178 valence electrons. The number of benzene rings is 4. The molecule has 2 heterocycles. The number of amides is 1. The molecule has 0 bridgehead atoms. The number of fused-ring (bicyclic) bond motifs is 1. The predicted molar refractivity (Wildman–Crippen MR) is 148 cm³/mol. The summed E-state index contributed by atoms with van der Waals surface area (Å²) in [6.07, 6.45) is -0.463. The van der Waals surface area contributed by atoms with Crippen LogP contribution in [0.15, 0.2) is 131 Å². The normalized spacial score (nSPS) is 22.2. The third kappa shape index (κ3) is 3.86. The van der Waals surface area contributed by atoms with E-state index in [4.69, 9.17) is 4.74 Å². The zero-order chi connectivity index (χ0) is 24.5. The van der Waals surface area contributed by atoms with E-state index in [0.29, 0.717) is 0 Å². The maximum atomic E-state index is 13.1. The summed E-state index contributed by atoms with van der Waals surface area (Å²) >= 11 is -3.63. The Morgan fingerprint density at radius 2 is 1.17 bits per heavy atom. The van der Waals surface area contributed by atoms with E-state index in [-0.39, 0.29) is 17.9 Å². The molecule has 2 aliphatic rings. The van der Waals surface area contributed by atoms with Crippen LogP contribution in [0.5, 0.6) is 5.75 Å². The summed E-state index contributed by atoms with van der Waals surface area (Å²) in [5.74, 6) is 1.13. The Bertz CT molecular complexity index is 1280. The molecule has 4 aromatic carbocycles. The number of carbonyl (C=O) groups is 1. The molecule has 0 N–H and O–H groups in total. The first-order chi connectivity index (χ1) is 17.7. The number of nitrogens with zero attached hydrogens (tertiary/aromatic N) is 1. The number of para-hydroxylation sites is 1. The zero-order valence-corrected chi connectivity index (χ0v) is 23.2. The molecule has 0 radical (unpaired) electrons. The number of hydrogen-bond acceptors (Lipinski definition) is 2. The molecular weight excluding hydrogens is 549 g/mol. The van der Waals surface area contributed by atoms with Gasteiger partial charge in [0.1, 0.15) is 0 Å². The van der Waals surface area contributed by atoms with E-state index in [9.17, 15) is 4.79 Å². The van der Waals surface area contributed by atoms with Crippen molar-refractivity contribution < 1.29 is 9.53 Å². The average molecular weight is 578 g/mol. The van der Waals surface area contributed by atoms with Crippen molar-refractivity contribution in [2.75, 3.05) is 6.54 Å². The second-order valence-corrected chi connectivity index (χ2v) is 20.1. The van der Waals surface area contributed by atoms with Crippen LogP contribution in [0.2, 0.25) is 0 Å². The van der Waals surface area contributed by atoms with Crippen molar-refractivity contribution in [3.05, 3.63) is 131 Å². The van der Waals surface area contributed by atoms with Crippen molar-refractivity contribution in [2.45, 2.75) is 19.1 Å². The van der Waals surface area contributed by atoms with Crippen LogP contribution in [-0.4, -0.2) is 47.9 Å². The second kappa shape index (κ2) is 9.62. The summed E-state index contributed by atoms with van der Waals surface area (Å²) in [6, 6.07) is 42.7. The van der Waals surface area contributed by atoms with E-state index in [1.807, 2.05) is 35.2 Å². The molecule has 2 aliphatic heterocycles. The maximum absolute atomic E-state index is 13.1. The molecule has 4 aromatic rings. The van der Waals surface area contributed by atoms with Crippen LogP contribution in [-0.2, 0) is 4.79 Å². The van der Waals surface area contributed by atoms with Gasteiger partial charge in [0.2, 0.25) is 0 Å². The molecule has 2 fully saturated rings. The Hall–Kier alpha value is -3.31. The summed E-state index contributed by atoms with van der Waals surface area (Å²) in [4.78, 5) is 15.1. The van der Waals surface area contributed by atoms with Crippen LogP contribution in [0, 0.1) is 5.92 Å². The average Bonchev–Trinajstić information content (AvgIpc) is 3.24. The van der Waals surface area contributed by atoms with Crippen LogP contribution in [0.1, 0.15) is 6.92 Å². The molecule has 4 heteroatoms. The summed E-state index contributed by atoms with van der Waals surface area (Å²) in [5.41, 5.74) is 1.35. The van der Waals surface area contributed by atoms with Crippen molar-refractivity contribution in [1.82, 2.24) is 4.90 Å². The fourth-order valence-electron chi connectivity index (χ4n) is 5.86. The fourth-order valence-corrected chi connectivity index (χ4v) is 19.0. The Balaban J connectivity index is 1.53. The fraction of sp³-hybridized carbons (Fsp3) is 0.156. The van der Waals surface area contributed by atoms with Gasteiger partial charge in [0, 0.05) is 0 Å². The third-order valence-electron chi connectivity index (χ3n) is 7.61. The van der Waals surface area contributed by atoms with Crippen molar-refractivity contribution in [3.8, 4) is 5.75 Å². The van der Waals surface area contributed by atoms with Gasteiger partial charge in [0.15, 0.2) is 0 Å². The first-order valence-electron chi connectivity index (χ1n) is 12.6. The first-order valence-corrected chi connectivity index (χ1v) is 18.5. The summed E-state index contributed by atoms with van der Waals surface area (Å²) < 4.78 is 13.1. The molecule has 0 aromatic heterocycles. The van der Waals surface area contributed by atoms with Crippen molar-refractivity contribution in [2.24, 2.45) is 5.92 Å². The van der Waals surface area contributed by atoms with Gasteiger partial charge in [-0.05, 0) is 0 Å². The van der Waals surface area contributed by atoms with Gasteiger partial charge in [0.25, 0.3) is 0 Å². The van der Waals surface area contributed by atoms with E-state index in [0.717, 1.165) is 12.3 Å². The molecule has 6 rings (SSSR count). The number of ether oxygens (including phenoxy) is 1. The Kier molecular flexibility index (Phi) is 6.18. The van der Waals surface area contributed by atoms with Gasteiger partial charge in [-0.2, -0.15) is 0 Å². The second-order valence-electron chi connectivity index (χ2n) is 9.74. The molecule has 2 saturated heterocycles. The Morgan fingerprint density at radius 1 is 0.722 bits per heavy atom. The molecular formula is C32H29NO2Sn. The number of hydrogen-bond donors (Lipinski definition) is 0. The van der Waals surface area contributed by atoms with E-state index in [2.05, 4.69) is 102 Å². The van der Waals surface area contributed by atoms with E-state index < -0.39 is 24.5 Å². The molecule has 0 spiro atoms. The monoisotopic (exact) mass is 579 g/mol. The Labute approximate surface area is 216 Å². The van der Waals surface area contributed by atoms with Crippen molar-refractivity contribution in [3.63, 3.8) is 0 Å². The van der Waals surface area contributed by atoms with E-state index in [1.54, 1.807) is 0 Å². The summed E-state index contributed by atoms with van der Waals surface area (Å²) in [5, 5.41) is 0. The van der Waals surface area contributed by atoms with Gasteiger partial charge in [0.05, 0.1) is 0 Å². The van der Waals surface area contributed by atoms with E-state index >= 15 is 0 Å². The van der Waals surface area contributed by atoms with Crippen LogP contribution >= 0.6 is 0 Å². The van der Waals surface area contributed by atoms with Crippen LogP contribution in [0.3, 0.4) is 0 Å².